The molecule has 0 bridgehead atoms. The molecule has 2 heteroatoms. The molecule has 0 aliphatic carbocycles. The summed E-state index contributed by atoms with van der Waals surface area (Å²) in [5.74, 6) is 0. The fourth-order valence-corrected chi connectivity index (χ4v) is 1.20. The van der Waals surface area contributed by atoms with Crippen LogP contribution < -0.4 is 0 Å². The van der Waals surface area contributed by atoms with Crippen LogP contribution in [0.15, 0.2) is 0 Å². The summed E-state index contributed by atoms with van der Waals surface area (Å²) in [6.07, 6.45) is 2.00. The molecule has 0 atom stereocenters. The van der Waals surface area contributed by atoms with Crippen molar-refractivity contribution in [3.05, 3.63) is 0 Å². The van der Waals surface area contributed by atoms with E-state index in [-0.39, 0.29) is 18.3 Å². The number of rotatable bonds is 5. The van der Waals surface area contributed by atoms with Crippen molar-refractivity contribution < 1.29 is 9.84 Å². The molecule has 0 radical (unpaired) electrons. The predicted octanol–water partition coefficient (Wildman–Crippen LogP) is 1.96. The average molecular weight is 160 g/mol. The van der Waals surface area contributed by atoms with Gasteiger partial charge in [-0.3, -0.25) is 0 Å². The van der Waals surface area contributed by atoms with Gasteiger partial charge in [0, 0.05) is 6.61 Å². The Balaban J connectivity index is 3.61. The summed E-state index contributed by atoms with van der Waals surface area (Å²) in [7, 11) is 0. The van der Waals surface area contributed by atoms with Crippen molar-refractivity contribution >= 4 is 0 Å². The van der Waals surface area contributed by atoms with Crippen LogP contribution in [0.4, 0.5) is 0 Å². The van der Waals surface area contributed by atoms with Gasteiger partial charge in [-0.15, -0.1) is 0 Å². The van der Waals surface area contributed by atoms with Gasteiger partial charge in [0.25, 0.3) is 0 Å². The maximum absolute atomic E-state index is 8.61. The normalized spacial score (nSPS) is 12.5. The Bertz CT molecular complexity index is 97.7. The van der Waals surface area contributed by atoms with E-state index in [4.69, 9.17) is 9.84 Å². The average Bonchev–Trinajstić information content (AvgIpc) is 1.81. The molecule has 0 aliphatic heterocycles. The quantitative estimate of drug-likeness (QED) is 0.666. The van der Waals surface area contributed by atoms with Gasteiger partial charge in [0.05, 0.1) is 11.7 Å². The first-order valence-electron chi connectivity index (χ1n) is 4.26. The van der Waals surface area contributed by atoms with Crippen molar-refractivity contribution in [2.75, 3.05) is 6.61 Å². The lowest BCUT2D eigenvalue weighted by Crippen LogP contribution is -2.28. The molecule has 0 fully saturated rings. The molecule has 1 N–H and O–H groups in total. The molecule has 0 saturated carbocycles. The van der Waals surface area contributed by atoms with E-state index in [1.54, 1.807) is 0 Å². The smallest absolute Gasteiger partial charge is 0.0630 e. The summed E-state index contributed by atoms with van der Waals surface area (Å²) in [5, 5.41) is 8.61. The number of hydrogen-bond acceptors (Lipinski definition) is 2. The van der Waals surface area contributed by atoms with Crippen LogP contribution in [0.1, 0.15) is 40.5 Å². The number of ether oxygens (including phenoxy) is 1. The van der Waals surface area contributed by atoms with Crippen LogP contribution in [0.2, 0.25) is 0 Å². The van der Waals surface area contributed by atoms with Crippen LogP contribution in [0.5, 0.6) is 0 Å². The third-order valence-electron chi connectivity index (χ3n) is 1.49. The van der Waals surface area contributed by atoms with E-state index in [9.17, 15) is 0 Å². The maximum atomic E-state index is 8.61. The molecule has 11 heavy (non-hydrogen) atoms. The van der Waals surface area contributed by atoms with Crippen LogP contribution in [0.25, 0.3) is 0 Å². The highest BCUT2D eigenvalue weighted by Crippen LogP contribution is 2.18. The van der Waals surface area contributed by atoms with Gasteiger partial charge in [0.2, 0.25) is 0 Å². The van der Waals surface area contributed by atoms with Crippen molar-refractivity contribution in [1.29, 1.82) is 0 Å². The van der Waals surface area contributed by atoms with Crippen molar-refractivity contribution in [2.45, 2.75) is 52.2 Å². The van der Waals surface area contributed by atoms with Gasteiger partial charge in [-0.25, -0.2) is 0 Å². The molecule has 0 spiro atoms. The van der Waals surface area contributed by atoms with Gasteiger partial charge in [-0.1, -0.05) is 0 Å². The molecule has 2 nitrogen and oxygen atoms in total. The molecule has 0 heterocycles. The van der Waals surface area contributed by atoms with E-state index >= 15 is 0 Å². The van der Waals surface area contributed by atoms with Gasteiger partial charge < -0.3 is 9.84 Å². The molecule has 0 aromatic heterocycles. The lowest BCUT2D eigenvalue weighted by atomic mass is 10.0. The number of aliphatic hydroxyl groups excluding tert-OH is 1. The van der Waals surface area contributed by atoms with Crippen molar-refractivity contribution in [3.63, 3.8) is 0 Å². The molecule has 0 unspecified atom stereocenters. The Morgan fingerprint density at radius 3 is 2.27 bits per heavy atom. The van der Waals surface area contributed by atoms with E-state index in [2.05, 4.69) is 13.8 Å². The highest BCUT2D eigenvalue weighted by atomic mass is 16.5. The third kappa shape index (κ3) is 6.32. The summed E-state index contributed by atoms with van der Waals surface area (Å²) in [6.45, 7) is 8.43. The van der Waals surface area contributed by atoms with Crippen molar-refractivity contribution in [3.8, 4) is 0 Å². The largest absolute Gasteiger partial charge is 0.396 e. The molecule has 0 aromatic rings. The van der Waals surface area contributed by atoms with Crippen LogP contribution in [0.3, 0.4) is 0 Å². The van der Waals surface area contributed by atoms with E-state index in [1.807, 2.05) is 13.8 Å². The highest BCUT2D eigenvalue weighted by Gasteiger charge is 2.18. The van der Waals surface area contributed by atoms with Crippen molar-refractivity contribution in [2.24, 2.45) is 0 Å². The zero-order chi connectivity index (χ0) is 8.91. The lowest BCUT2D eigenvalue weighted by molar-refractivity contribution is -0.0629. The van der Waals surface area contributed by atoms with E-state index in [1.165, 1.54) is 0 Å². The van der Waals surface area contributed by atoms with Gasteiger partial charge in [-0.2, -0.15) is 0 Å². The Labute approximate surface area is 69.6 Å². The monoisotopic (exact) mass is 160 g/mol. The predicted molar refractivity (Wildman–Crippen MR) is 46.6 cm³/mol. The maximum Gasteiger partial charge on any atom is 0.0630 e. The SMILES string of the molecule is CC(C)OC(C)(C)CCCO. The summed E-state index contributed by atoms with van der Waals surface area (Å²) >= 11 is 0. The fourth-order valence-electron chi connectivity index (χ4n) is 1.20. The third-order valence-corrected chi connectivity index (χ3v) is 1.49. The van der Waals surface area contributed by atoms with Gasteiger partial charge in [0.1, 0.15) is 0 Å². The van der Waals surface area contributed by atoms with E-state index in [0.717, 1.165) is 12.8 Å². The zero-order valence-corrected chi connectivity index (χ0v) is 8.05. The Hall–Kier alpha value is -0.0800. The standard InChI is InChI=1S/C9H20O2/c1-8(2)11-9(3,4)6-5-7-10/h8,10H,5-7H2,1-4H3. The van der Waals surface area contributed by atoms with Crippen LogP contribution in [-0.2, 0) is 4.74 Å². The lowest BCUT2D eigenvalue weighted by Gasteiger charge is -2.27. The first-order chi connectivity index (χ1) is 4.98. The molecule has 0 amide bonds. The summed E-state index contributed by atoms with van der Waals surface area (Å²) in [5.41, 5.74) is -0.0864. The summed E-state index contributed by atoms with van der Waals surface area (Å²) < 4.78 is 5.63. The molecule has 68 valence electrons. The minimum atomic E-state index is -0.0864. The molecule has 0 aromatic carbocycles. The molecular weight excluding hydrogens is 140 g/mol. The minimum Gasteiger partial charge on any atom is -0.396 e. The molecule has 0 aliphatic rings. The Morgan fingerprint density at radius 2 is 1.91 bits per heavy atom. The van der Waals surface area contributed by atoms with Crippen LogP contribution >= 0.6 is 0 Å². The second kappa shape index (κ2) is 4.73. The van der Waals surface area contributed by atoms with Crippen LogP contribution in [0, 0.1) is 0 Å². The highest BCUT2D eigenvalue weighted by molar-refractivity contribution is 4.68. The Morgan fingerprint density at radius 1 is 1.36 bits per heavy atom. The summed E-state index contributed by atoms with van der Waals surface area (Å²) in [4.78, 5) is 0. The van der Waals surface area contributed by atoms with E-state index < -0.39 is 0 Å². The number of aliphatic hydroxyl groups is 1. The molecular formula is C9H20O2. The Kier molecular flexibility index (Phi) is 4.69. The van der Waals surface area contributed by atoms with Gasteiger partial charge in [-0.05, 0) is 40.5 Å². The second-order valence-corrected chi connectivity index (χ2v) is 3.75. The van der Waals surface area contributed by atoms with Crippen molar-refractivity contribution in [1.82, 2.24) is 0 Å². The topological polar surface area (TPSA) is 29.5 Å². The minimum absolute atomic E-state index is 0.0864. The first-order valence-corrected chi connectivity index (χ1v) is 4.26. The second-order valence-electron chi connectivity index (χ2n) is 3.75. The molecule has 0 saturated heterocycles. The van der Waals surface area contributed by atoms with E-state index in [0.29, 0.717) is 0 Å². The first kappa shape index (κ1) is 10.9. The fraction of sp³-hybridized carbons (Fsp3) is 1.00. The van der Waals surface area contributed by atoms with Gasteiger partial charge in [0.15, 0.2) is 0 Å². The van der Waals surface area contributed by atoms with Gasteiger partial charge >= 0.3 is 0 Å². The summed E-state index contributed by atoms with van der Waals surface area (Å²) in [6, 6.07) is 0. The number of hydrogen-bond donors (Lipinski definition) is 1. The zero-order valence-electron chi connectivity index (χ0n) is 8.05. The van der Waals surface area contributed by atoms with Crippen LogP contribution in [-0.4, -0.2) is 23.4 Å². The molecule has 0 rings (SSSR count).